The van der Waals surface area contributed by atoms with Gasteiger partial charge in [0.1, 0.15) is 11.5 Å². The maximum atomic E-state index is 12.9. The molecule has 1 heterocycles. The van der Waals surface area contributed by atoms with Gasteiger partial charge in [-0.3, -0.25) is 9.59 Å². The largest absolute Gasteiger partial charge is 0.496 e. The Kier molecular flexibility index (Phi) is 6.09. The van der Waals surface area contributed by atoms with E-state index in [0.29, 0.717) is 33.6 Å². The van der Waals surface area contributed by atoms with Gasteiger partial charge in [-0.1, -0.05) is 11.6 Å². The average Bonchev–Trinajstić information content (AvgIpc) is 3.22. The first-order valence-electron chi connectivity index (χ1n) is 8.70. The number of aromatic nitrogens is 1. The number of ether oxygens (including phenoxy) is 2. The Morgan fingerprint density at radius 1 is 0.966 bits per heavy atom. The fraction of sp³-hybridized carbons (Fsp3) is 0.143. The Bertz CT molecular complexity index is 1050. The van der Waals surface area contributed by atoms with Gasteiger partial charge in [-0.15, -0.1) is 0 Å². The zero-order chi connectivity index (χ0) is 21.0. The monoisotopic (exact) mass is 413 g/mol. The third kappa shape index (κ3) is 4.52. The van der Waals surface area contributed by atoms with Gasteiger partial charge < -0.3 is 24.7 Å². The van der Waals surface area contributed by atoms with Crippen molar-refractivity contribution in [2.75, 3.05) is 24.9 Å². The summed E-state index contributed by atoms with van der Waals surface area (Å²) in [6.45, 7) is 1.39. The first kappa shape index (κ1) is 20.3. The molecule has 8 heteroatoms. The van der Waals surface area contributed by atoms with Crippen LogP contribution in [0.2, 0.25) is 5.02 Å². The SMILES string of the molecule is COc1ccc(NC(=O)c2cc(Cl)c(-n3cccc3)cc2OC)cc1NC(C)=O. The van der Waals surface area contributed by atoms with E-state index in [9.17, 15) is 9.59 Å². The molecule has 0 spiro atoms. The summed E-state index contributed by atoms with van der Waals surface area (Å²) in [7, 11) is 2.99. The van der Waals surface area contributed by atoms with Gasteiger partial charge in [0.2, 0.25) is 5.91 Å². The molecule has 2 amide bonds. The summed E-state index contributed by atoms with van der Waals surface area (Å²) in [5.74, 6) is 0.212. The molecule has 0 atom stereocenters. The van der Waals surface area contributed by atoms with Crippen LogP contribution >= 0.6 is 11.6 Å². The van der Waals surface area contributed by atoms with Gasteiger partial charge in [-0.2, -0.15) is 0 Å². The molecule has 29 heavy (non-hydrogen) atoms. The highest BCUT2D eigenvalue weighted by molar-refractivity contribution is 6.33. The highest BCUT2D eigenvalue weighted by atomic mass is 35.5. The molecule has 0 radical (unpaired) electrons. The van der Waals surface area contributed by atoms with Crippen molar-refractivity contribution in [2.24, 2.45) is 0 Å². The lowest BCUT2D eigenvalue weighted by molar-refractivity contribution is -0.114. The molecule has 0 aliphatic carbocycles. The van der Waals surface area contributed by atoms with Crippen molar-refractivity contribution in [3.8, 4) is 17.2 Å². The summed E-state index contributed by atoms with van der Waals surface area (Å²) in [5.41, 5.74) is 1.91. The van der Waals surface area contributed by atoms with Gasteiger partial charge in [0.05, 0.1) is 36.2 Å². The summed E-state index contributed by atoms with van der Waals surface area (Å²) in [6.07, 6.45) is 3.70. The highest BCUT2D eigenvalue weighted by Gasteiger charge is 2.17. The van der Waals surface area contributed by atoms with Crippen molar-refractivity contribution < 1.29 is 19.1 Å². The Morgan fingerprint density at radius 2 is 1.66 bits per heavy atom. The van der Waals surface area contributed by atoms with Crippen molar-refractivity contribution in [2.45, 2.75) is 6.92 Å². The molecule has 0 aliphatic rings. The third-order valence-electron chi connectivity index (χ3n) is 4.16. The van der Waals surface area contributed by atoms with Crippen LogP contribution in [0, 0.1) is 0 Å². The molecular formula is C21H20ClN3O4. The number of nitrogens with one attached hydrogen (secondary N) is 2. The van der Waals surface area contributed by atoms with Crippen LogP contribution in [0.15, 0.2) is 54.9 Å². The maximum Gasteiger partial charge on any atom is 0.259 e. The summed E-state index contributed by atoms with van der Waals surface area (Å²) < 4.78 is 12.5. The van der Waals surface area contributed by atoms with Crippen molar-refractivity contribution >= 4 is 34.8 Å². The van der Waals surface area contributed by atoms with Crippen molar-refractivity contribution in [3.63, 3.8) is 0 Å². The molecule has 2 aromatic carbocycles. The molecule has 3 aromatic rings. The summed E-state index contributed by atoms with van der Waals surface area (Å²) in [4.78, 5) is 24.3. The number of amides is 2. The number of nitrogens with zero attached hydrogens (tertiary/aromatic N) is 1. The molecule has 0 fully saturated rings. The predicted molar refractivity (Wildman–Crippen MR) is 113 cm³/mol. The van der Waals surface area contributed by atoms with E-state index in [1.54, 1.807) is 30.3 Å². The molecule has 3 rings (SSSR count). The van der Waals surface area contributed by atoms with Crippen LogP contribution in [-0.4, -0.2) is 30.6 Å². The number of methoxy groups -OCH3 is 2. The predicted octanol–water partition coefficient (Wildman–Crippen LogP) is 4.36. The molecule has 2 N–H and O–H groups in total. The average molecular weight is 414 g/mol. The van der Waals surface area contributed by atoms with Crippen molar-refractivity contribution in [1.82, 2.24) is 4.57 Å². The number of anilines is 2. The van der Waals surface area contributed by atoms with Gasteiger partial charge in [0.25, 0.3) is 5.91 Å². The third-order valence-corrected chi connectivity index (χ3v) is 4.47. The molecule has 150 valence electrons. The van der Waals surface area contributed by atoms with E-state index < -0.39 is 5.91 Å². The molecule has 0 unspecified atom stereocenters. The second-order valence-electron chi connectivity index (χ2n) is 6.14. The summed E-state index contributed by atoms with van der Waals surface area (Å²) in [6, 6.07) is 11.9. The number of hydrogen-bond donors (Lipinski definition) is 2. The van der Waals surface area contributed by atoms with Gasteiger partial charge in [-0.05, 0) is 36.4 Å². The van der Waals surface area contributed by atoms with E-state index in [1.165, 1.54) is 21.1 Å². The standard InChI is InChI=1S/C21H20ClN3O4/c1-13(26)23-17-10-14(6-7-19(17)28-2)24-21(27)15-11-16(22)18(12-20(15)29-3)25-8-4-5-9-25/h4-12H,1-3H3,(H,23,26)(H,24,27). The van der Waals surface area contributed by atoms with Gasteiger partial charge in [0, 0.05) is 31.1 Å². The Balaban J connectivity index is 1.91. The van der Waals surface area contributed by atoms with Crippen LogP contribution in [0.3, 0.4) is 0 Å². The van der Waals surface area contributed by atoms with Crippen LogP contribution in [0.5, 0.6) is 11.5 Å². The first-order valence-corrected chi connectivity index (χ1v) is 9.08. The molecular weight excluding hydrogens is 394 g/mol. The van der Waals surface area contributed by atoms with Crippen molar-refractivity contribution in [3.05, 3.63) is 65.4 Å². The van der Waals surface area contributed by atoms with Gasteiger partial charge in [-0.25, -0.2) is 0 Å². The lowest BCUT2D eigenvalue weighted by atomic mass is 10.1. The zero-order valence-electron chi connectivity index (χ0n) is 16.2. The minimum absolute atomic E-state index is 0.249. The summed E-state index contributed by atoms with van der Waals surface area (Å²) in [5, 5.41) is 5.86. The highest BCUT2D eigenvalue weighted by Crippen LogP contribution is 2.32. The molecule has 0 bridgehead atoms. The number of benzene rings is 2. The minimum Gasteiger partial charge on any atom is -0.496 e. The lowest BCUT2D eigenvalue weighted by Gasteiger charge is -2.15. The smallest absolute Gasteiger partial charge is 0.259 e. The lowest BCUT2D eigenvalue weighted by Crippen LogP contribution is -2.14. The molecule has 0 saturated heterocycles. The van der Waals surface area contributed by atoms with Gasteiger partial charge >= 0.3 is 0 Å². The minimum atomic E-state index is -0.401. The zero-order valence-corrected chi connectivity index (χ0v) is 16.9. The fourth-order valence-electron chi connectivity index (χ4n) is 2.85. The van der Waals surface area contributed by atoms with Gasteiger partial charge in [0.15, 0.2) is 0 Å². The molecule has 7 nitrogen and oxygen atoms in total. The van der Waals surface area contributed by atoms with Crippen LogP contribution < -0.4 is 20.1 Å². The van der Waals surface area contributed by atoms with Crippen LogP contribution in [-0.2, 0) is 4.79 Å². The number of carbonyl (C=O) groups excluding carboxylic acids is 2. The topological polar surface area (TPSA) is 81.6 Å². The quantitative estimate of drug-likeness (QED) is 0.629. The van der Waals surface area contributed by atoms with Crippen LogP contribution in [0.1, 0.15) is 17.3 Å². The second kappa shape index (κ2) is 8.70. The van der Waals surface area contributed by atoms with E-state index in [1.807, 2.05) is 29.1 Å². The maximum absolute atomic E-state index is 12.9. The van der Waals surface area contributed by atoms with E-state index in [4.69, 9.17) is 21.1 Å². The van der Waals surface area contributed by atoms with Crippen LogP contribution in [0.25, 0.3) is 5.69 Å². The Morgan fingerprint density at radius 3 is 2.28 bits per heavy atom. The molecule has 0 saturated carbocycles. The molecule has 0 aliphatic heterocycles. The fourth-order valence-corrected chi connectivity index (χ4v) is 3.11. The van der Waals surface area contributed by atoms with E-state index in [2.05, 4.69) is 10.6 Å². The van der Waals surface area contributed by atoms with Crippen molar-refractivity contribution in [1.29, 1.82) is 0 Å². The van der Waals surface area contributed by atoms with E-state index >= 15 is 0 Å². The van der Waals surface area contributed by atoms with E-state index in [-0.39, 0.29) is 11.5 Å². The normalized spacial score (nSPS) is 10.3. The number of carbonyl (C=O) groups is 2. The summed E-state index contributed by atoms with van der Waals surface area (Å²) >= 11 is 6.40. The Hall–Kier alpha value is -3.45. The number of hydrogen-bond acceptors (Lipinski definition) is 4. The second-order valence-corrected chi connectivity index (χ2v) is 6.55. The molecule has 1 aromatic heterocycles. The van der Waals surface area contributed by atoms with E-state index in [0.717, 1.165) is 0 Å². The Labute approximate surface area is 173 Å². The first-order chi connectivity index (χ1) is 13.9. The number of rotatable bonds is 6. The van der Waals surface area contributed by atoms with Crippen LogP contribution in [0.4, 0.5) is 11.4 Å². The number of halogens is 1.